The van der Waals surface area contributed by atoms with Gasteiger partial charge in [-0.2, -0.15) is 0 Å². The normalized spacial score (nSPS) is 24.9. The molecule has 1 aliphatic heterocycles. The Morgan fingerprint density at radius 1 is 1.38 bits per heavy atom. The van der Waals surface area contributed by atoms with Crippen LogP contribution in [0.25, 0.3) is 0 Å². The number of nitrogens with one attached hydrogen (secondary N) is 2. The zero-order chi connectivity index (χ0) is 17.9. The average Bonchev–Trinajstić information content (AvgIpc) is 2.53. The highest BCUT2D eigenvalue weighted by atomic mass is 16.6. The number of carbonyl (C=O) groups is 1. The standard InChI is InChI=1S/C17H25N3O4/c1-11-7-12(2)10-19(9-11)13(3)17(21)18-15-6-5-14(24-4)8-16(15)20(22)23/h5-6,8,11-13H,7,9-10H2,1-4H3,(H,18,21)/p+1/t11-,12+,13-/m0/s1. The molecule has 0 bridgehead atoms. The molecular formula is C17H26N3O4+. The minimum absolute atomic E-state index is 0.162. The van der Waals surface area contributed by atoms with Crippen molar-refractivity contribution in [3.63, 3.8) is 0 Å². The van der Waals surface area contributed by atoms with Gasteiger partial charge in [0.15, 0.2) is 6.04 Å². The maximum atomic E-state index is 12.6. The summed E-state index contributed by atoms with van der Waals surface area (Å²) in [6, 6.07) is 4.18. The van der Waals surface area contributed by atoms with Crippen molar-refractivity contribution in [2.45, 2.75) is 33.2 Å². The van der Waals surface area contributed by atoms with E-state index in [2.05, 4.69) is 19.2 Å². The summed E-state index contributed by atoms with van der Waals surface area (Å²) in [7, 11) is 1.45. The van der Waals surface area contributed by atoms with Crippen LogP contribution in [0.2, 0.25) is 0 Å². The van der Waals surface area contributed by atoms with Crippen molar-refractivity contribution in [3.05, 3.63) is 28.3 Å². The number of rotatable bonds is 5. The molecule has 0 aromatic heterocycles. The summed E-state index contributed by atoms with van der Waals surface area (Å²) in [5, 5.41) is 13.9. The zero-order valence-electron chi connectivity index (χ0n) is 14.7. The fourth-order valence-corrected chi connectivity index (χ4v) is 3.51. The Hall–Kier alpha value is -2.15. The number of nitro groups is 1. The van der Waals surface area contributed by atoms with Crippen LogP contribution in [-0.2, 0) is 4.79 Å². The van der Waals surface area contributed by atoms with Gasteiger partial charge < -0.3 is 15.0 Å². The van der Waals surface area contributed by atoms with Crippen molar-refractivity contribution in [1.82, 2.24) is 0 Å². The van der Waals surface area contributed by atoms with Crippen LogP contribution in [0.1, 0.15) is 27.2 Å². The van der Waals surface area contributed by atoms with Crippen LogP contribution in [0.15, 0.2) is 18.2 Å². The molecule has 2 rings (SSSR count). The van der Waals surface area contributed by atoms with Crippen LogP contribution in [0.5, 0.6) is 5.75 Å². The number of piperidine rings is 1. The summed E-state index contributed by atoms with van der Waals surface area (Å²) in [4.78, 5) is 24.5. The summed E-state index contributed by atoms with van der Waals surface area (Å²) in [6.07, 6.45) is 1.18. The van der Waals surface area contributed by atoms with Crippen LogP contribution in [-0.4, -0.2) is 37.1 Å². The maximum absolute atomic E-state index is 12.6. The largest absolute Gasteiger partial charge is 0.496 e. The smallest absolute Gasteiger partial charge is 0.296 e. The number of hydrogen-bond donors (Lipinski definition) is 2. The molecule has 0 spiro atoms. The quantitative estimate of drug-likeness (QED) is 0.630. The number of methoxy groups -OCH3 is 1. The van der Waals surface area contributed by atoms with E-state index in [1.54, 1.807) is 6.07 Å². The van der Waals surface area contributed by atoms with Crippen molar-refractivity contribution in [2.24, 2.45) is 11.8 Å². The van der Waals surface area contributed by atoms with Gasteiger partial charge in [0.25, 0.3) is 11.6 Å². The van der Waals surface area contributed by atoms with Crippen LogP contribution < -0.4 is 15.0 Å². The van der Waals surface area contributed by atoms with E-state index in [9.17, 15) is 14.9 Å². The van der Waals surface area contributed by atoms with Gasteiger partial charge in [-0.05, 0) is 25.5 Å². The van der Waals surface area contributed by atoms with Gasteiger partial charge in [0.05, 0.1) is 31.2 Å². The van der Waals surface area contributed by atoms with E-state index in [4.69, 9.17) is 4.74 Å². The number of amides is 1. The lowest BCUT2D eigenvalue weighted by molar-refractivity contribution is -0.925. The van der Waals surface area contributed by atoms with E-state index in [1.165, 1.54) is 30.6 Å². The van der Waals surface area contributed by atoms with Gasteiger partial charge in [-0.1, -0.05) is 13.8 Å². The molecule has 1 saturated heterocycles. The first kappa shape index (κ1) is 18.2. The Morgan fingerprint density at radius 2 is 2.00 bits per heavy atom. The number of quaternary nitrogens is 1. The molecule has 1 aromatic rings. The average molecular weight is 336 g/mol. The first-order valence-electron chi connectivity index (χ1n) is 8.29. The Bertz CT molecular complexity index is 610. The molecule has 1 aromatic carbocycles. The number of ether oxygens (including phenoxy) is 1. The molecule has 2 N–H and O–H groups in total. The van der Waals surface area contributed by atoms with Gasteiger partial charge in [0, 0.05) is 11.8 Å². The van der Waals surface area contributed by atoms with Crippen LogP contribution in [0.3, 0.4) is 0 Å². The molecule has 7 heteroatoms. The maximum Gasteiger partial charge on any atom is 0.296 e. The van der Waals surface area contributed by atoms with Crippen molar-refractivity contribution in [2.75, 3.05) is 25.5 Å². The number of likely N-dealkylation sites (tertiary alicyclic amines) is 1. The first-order chi connectivity index (χ1) is 11.3. The SMILES string of the molecule is COc1ccc(NC(=O)[C@H](C)[NH+]2C[C@H](C)C[C@H](C)C2)c([N+](=O)[O-])c1. The number of nitro benzene ring substituents is 1. The van der Waals surface area contributed by atoms with Gasteiger partial charge in [0.2, 0.25) is 0 Å². The minimum atomic E-state index is -0.513. The molecule has 0 saturated carbocycles. The second kappa shape index (κ2) is 7.61. The monoisotopic (exact) mass is 336 g/mol. The summed E-state index contributed by atoms with van der Waals surface area (Å²) in [5.41, 5.74) is 0.0421. The molecule has 1 heterocycles. The molecule has 1 amide bonds. The number of hydrogen-bond acceptors (Lipinski definition) is 4. The van der Waals surface area contributed by atoms with Crippen LogP contribution >= 0.6 is 0 Å². The summed E-state index contributed by atoms with van der Waals surface area (Å²) >= 11 is 0. The van der Waals surface area contributed by atoms with Gasteiger partial charge >= 0.3 is 0 Å². The first-order valence-corrected chi connectivity index (χ1v) is 8.29. The third-order valence-corrected chi connectivity index (χ3v) is 4.69. The molecule has 0 radical (unpaired) electrons. The second-order valence-corrected chi connectivity index (χ2v) is 6.86. The summed E-state index contributed by atoms with van der Waals surface area (Å²) < 4.78 is 5.01. The lowest BCUT2D eigenvalue weighted by atomic mass is 9.91. The zero-order valence-corrected chi connectivity index (χ0v) is 14.7. The van der Waals surface area contributed by atoms with E-state index >= 15 is 0 Å². The molecule has 1 aliphatic rings. The fraction of sp³-hybridized carbons (Fsp3) is 0.588. The molecule has 132 valence electrons. The number of benzene rings is 1. The van der Waals surface area contributed by atoms with Crippen molar-refractivity contribution < 1.29 is 19.4 Å². The summed E-state index contributed by atoms with van der Waals surface area (Å²) in [6.45, 7) is 8.18. The molecule has 1 fully saturated rings. The van der Waals surface area contributed by atoms with Gasteiger partial charge in [-0.25, -0.2) is 0 Å². The van der Waals surface area contributed by atoms with Crippen molar-refractivity contribution in [1.29, 1.82) is 0 Å². The summed E-state index contributed by atoms with van der Waals surface area (Å²) in [5.74, 6) is 1.35. The lowest BCUT2D eigenvalue weighted by Gasteiger charge is -2.35. The third-order valence-electron chi connectivity index (χ3n) is 4.69. The third kappa shape index (κ3) is 4.23. The van der Waals surface area contributed by atoms with Crippen molar-refractivity contribution in [3.8, 4) is 5.75 Å². The lowest BCUT2D eigenvalue weighted by Crippen LogP contribution is -3.18. The molecule has 1 unspecified atom stereocenters. The predicted octanol–water partition coefficient (Wildman–Crippen LogP) is 1.49. The highest BCUT2D eigenvalue weighted by Crippen LogP contribution is 2.29. The van der Waals surface area contributed by atoms with Crippen LogP contribution in [0, 0.1) is 22.0 Å². The van der Waals surface area contributed by atoms with E-state index in [1.807, 2.05) is 6.92 Å². The number of carbonyl (C=O) groups excluding carboxylic acids is 1. The predicted molar refractivity (Wildman–Crippen MR) is 91.4 cm³/mol. The highest BCUT2D eigenvalue weighted by molar-refractivity contribution is 5.95. The molecule has 24 heavy (non-hydrogen) atoms. The molecule has 7 nitrogen and oxygen atoms in total. The van der Waals surface area contributed by atoms with Gasteiger partial charge in [-0.3, -0.25) is 14.9 Å². The molecular weight excluding hydrogens is 310 g/mol. The van der Waals surface area contributed by atoms with Crippen LogP contribution in [0.4, 0.5) is 11.4 Å². The van der Waals surface area contributed by atoms with Crippen molar-refractivity contribution >= 4 is 17.3 Å². The Kier molecular flexibility index (Phi) is 5.77. The Balaban J connectivity index is 2.12. The van der Waals surface area contributed by atoms with E-state index < -0.39 is 4.92 Å². The number of nitrogens with zero attached hydrogens (tertiary/aromatic N) is 1. The molecule has 0 aliphatic carbocycles. The van der Waals surface area contributed by atoms with Gasteiger partial charge in [-0.15, -0.1) is 0 Å². The number of anilines is 1. The Labute approximate surface area is 142 Å². The van der Waals surface area contributed by atoms with Gasteiger partial charge in [0.1, 0.15) is 11.4 Å². The Morgan fingerprint density at radius 3 is 2.54 bits per heavy atom. The molecule has 4 atom stereocenters. The highest BCUT2D eigenvalue weighted by Gasteiger charge is 2.33. The second-order valence-electron chi connectivity index (χ2n) is 6.86. The van der Waals surface area contributed by atoms with E-state index in [-0.39, 0.29) is 23.3 Å². The minimum Gasteiger partial charge on any atom is -0.496 e. The topological polar surface area (TPSA) is 85.9 Å². The van der Waals surface area contributed by atoms with E-state index in [0.717, 1.165) is 13.1 Å². The fourth-order valence-electron chi connectivity index (χ4n) is 3.51. The van der Waals surface area contributed by atoms with E-state index in [0.29, 0.717) is 17.6 Å².